The second-order valence-electron chi connectivity index (χ2n) is 4.89. The van der Waals surface area contributed by atoms with Gasteiger partial charge in [0.15, 0.2) is 0 Å². The molecule has 0 saturated carbocycles. The quantitative estimate of drug-likeness (QED) is 0.939. The first kappa shape index (κ1) is 13.6. The lowest BCUT2D eigenvalue weighted by molar-refractivity contribution is 0.152. The van der Waals surface area contributed by atoms with Crippen LogP contribution in [0, 0.1) is 0 Å². The molecule has 0 unspecified atom stereocenters. The summed E-state index contributed by atoms with van der Waals surface area (Å²) in [6.07, 6.45) is 2.12. The number of thiophene rings is 1. The molecule has 0 aliphatic carbocycles. The molecule has 108 valence electrons. The maximum atomic E-state index is 5.54. The minimum absolute atomic E-state index is 0.738. The third-order valence-corrected chi connectivity index (χ3v) is 4.17. The smallest absolute Gasteiger partial charge is 0.226 e. The van der Waals surface area contributed by atoms with E-state index in [-0.39, 0.29) is 0 Å². The van der Waals surface area contributed by atoms with Gasteiger partial charge in [0.05, 0.1) is 12.0 Å². The number of nitrogens with one attached hydrogen (secondary N) is 1. The Hall–Kier alpha value is -1.40. The van der Waals surface area contributed by atoms with Crippen molar-refractivity contribution in [2.75, 3.05) is 43.1 Å². The SMILES string of the molecule is CCCNc1nc(N2CCCOCC2)c2ccsc2n1. The fraction of sp³-hybridized carbons (Fsp3) is 0.571. The van der Waals surface area contributed by atoms with Crippen LogP contribution in [-0.2, 0) is 4.74 Å². The number of hydrogen-bond acceptors (Lipinski definition) is 6. The van der Waals surface area contributed by atoms with Gasteiger partial charge in [-0.05, 0) is 24.3 Å². The second kappa shape index (κ2) is 6.37. The summed E-state index contributed by atoms with van der Waals surface area (Å²) < 4.78 is 5.54. The molecule has 0 spiro atoms. The van der Waals surface area contributed by atoms with Gasteiger partial charge in [-0.2, -0.15) is 4.98 Å². The van der Waals surface area contributed by atoms with Gasteiger partial charge in [0.25, 0.3) is 0 Å². The van der Waals surface area contributed by atoms with Gasteiger partial charge in [-0.3, -0.25) is 0 Å². The molecule has 0 radical (unpaired) electrons. The molecule has 3 heterocycles. The zero-order chi connectivity index (χ0) is 13.8. The molecule has 2 aromatic rings. The van der Waals surface area contributed by atoms with Gasteiger partial charge in [0, 0.05) is 26.2 Å². The molecule has 5 nitrogen and oxygen atoms in total. The van der Waals surface area contributed by atoms with Gasteiger partial charge in [-0.15, -0.1) is 11.3 Å². The van der Waals surface area contributed by atoms with E-state index in [1.165, 1.54) is 0 Å². The summed E-state index contributed by atoms with van der Waals surface area (Å²) in [5, 5.41) is 6.53. The molecular weight excluding hydrogens is 272 g/mol. The van der Waals surface area contributed by atoms with Crippen molar-refractivity contribution < 1.29 is 4.74 Å². The Bertz CT molecular complexity index is 563. The molecule has 6 heteroatoms. The normalized spacial score (nSPS) is 16.4. The van der Waals surface area contributed by atoms with Gasteiger partial charge in [-0.1, -0.05) is 6.92 Å². The van der Waals surface area contributed by atoms with Crippen molar-refractivity contribution >= 4 is 33.3 Å². The maximum absolute atomic E-state index is 5.54. The van der Waals surface area contributed by atoms with Gasteiger partial charge in [0.1, 0.15) is 10.6 Å². The van der Waals surface area contributed by atoms with Gasteiger partial charge in [-0.25, -0.2) is 4.98 Å². The lowest BCUT2D eigenvalue weighted by Crippen LogP contribution is -2.27. The van der Waals surface area contributed by atoms with Crippen molar-refractivity contribution in [2.24, 2.45) is 0 Å². The van der Waals surface area contributed by atoms with E-state index < -0.39 is 0 Å². The highest BCUT2D eigenvalue weighted by atomic mass is 32.1. The molecule has 2 aromatic heterocycles. The first-order chi connectivity index (χ1) is 9.88. The third-order valence-electron chi connectivity index (χ3n) is 3.36. The molecule has 1 fully saturated rings. The average molecular weight is 292 g/mol. The first-order valence-corrected chi connectivity index (χ1v) is 8.08. The largest absolute Gasteiger partial charge is 0.380 e. The molecule has 1 aliphatic heterocycles. The predicted octanol–water partition coefficient (Wildman–Crippen LogP) is 2.74. The predicted molar refractivity (Wildman–Crippen MR) is 83.8 cm³/mol. The number of ether oxygens (including phenoxy) is 1. The topological polar surface area (TPSA) is 50.3 Å². The summed E-state index contributed by atoms with van der Waals surface area (Å²) in [4.78, 5) is 12.7. The Balaban J connectivity index is 1.95. The Labute approximate surface area is 123 Å². The van der Waals surface area contributed by atoms with Crippen LogP contribution in [0.3, 0.4) is 0 Å². The minimum atomic E-state index is 0.738. The van der Waals surface area contributed by atoms with E-state index >= 15 is 0 Å². The molecule has 3 rings (SSSR count). The van der Waals surface area contributed by atoms with Crippen LogP contribution in [-0.4, -0.2) is 42.8 Å². The fourth-order valence-corrected chi connectivity index (χ4v) is 3.11. The second-order valence-corrected chi connectivity index (χ2v) is 5.78. The summed E-state index contributed by atoms with van der Waals surface area (Å²) in [6.45, 7) is 6.55. The highest BCUT2D eigenvalue weighted by Gasteiger charge is 2.17. The monoisotopic (exact) mass is 292 g/mol. The lowest BCUT2D eigenvalue weighted by Gasteiger charge is -2.22. The summed E-state index contributed by atoms with van der Waals surface area (Å²) in [5.41, 5.74) is 0. The van der Waals surface area contributed by atoms with Crippen molar-refractivity contribution in [3.05, 3.63) is 11.4 Å². The van der Waals surface area contributed by atoms with Crippen molar-refractivity contribution in [2.45, 2.75) is 19.8 Å². The minimum Gasteiger partial charge on any atom is -0.380 e. The van der Waals surface area contributed by atoms with Crippen LogP contribution in [0.2, 0.25) is 0 Å². The highest BCUT2D eigenvalue weighted by Crippen LogP contribution is 2.29. The van der Waals surface area contributed by atoms with Crippen LogP contribution in [0.4, 0.5) is 11.8 Å². The Kier molecular flexibility index (Phi) is 4.32. The average Bonchev–Trinajstić information content (AvgIpc) is 2.77. The number of nitrogens with zero attached hydrogens (tertiary/aromatic N) is 3. The Morgan fingerprint density at radius 3 is 3.20 bits per heavy atom. The maximum Gasteiger partial charge on any atom is 0.226 e. The molecular formula is C14H20N4OS. The van der Waals surface area contributed by atoms with Crippen LogP contribution >= 0.6 is 11.3 Å². The number of fused-ring (bicyclic) bond motifs is 1. The standard InChI is InChI=1S/C14H20N4OS/c1-2-5-15-14-16-12(11-4-10-20-13(11)17-14)18-6-3-8-19-9-7-18/h4,10H,2-3,5-9H2,1H3,(H,15,16,17). The molecule has 0 atom stereocenters. The fourth-order valence-electron chi connectivity index (χ4n) is 2.35. The van der Waals surface area contributed by atoms with E-state index in [4.69, 9.17) is 9.72 Å². The van der Waals surface area contributed by atoms with Crippen LogP contribution in [0.1, 0.15) is 19.8 Å². The van der Waals surface area contributed by atoms with Gasteiger partial charge >= 0.3 is 0 Å². The van der Waals surface area contributed by atoms with Crippen LogP contribution in [0.25, 0.3) is 10.2 Å². The summed E-state index contributed by atoms with van der Waals surface area (Å²) in [6, 6.07) is 2.12. The van der Waals surface area contributed by atoms with E-state index in [2.05, 4.69) is 33.6 Å². The highest BCUT2D eigenvalue weighted by molar-refractivity contribution is 7.16. The van der Waals surface area contributed by atoms with Crippen molar-refractivity contribution in [1.82, 2.24) is 9.97 Å². The molecule has 1 saturated heterocycles. The van der Waals surface area contributed by atoms with Crippen molar-refractivity contribution in [3.8, 4) is 0 Å². The van der Waals surface area contributed by atoms with E-state index in [9.17, 15) is 0 Å². The van der Waals surface area contributed by atoms with Crippen molar-refractivity contribution in [3.63, 3.8) is 0 Å². The van der Waals surface area contributed by atoms with E-state index in [1.807, 2.05) is 0 Å². The third kappa shape index (κ3) is 2.86. The molecule has 1 aliphatic rings. The number of aromatic nitrogens is 2. The summed E-state index contributed by atoms with van der Waals surface area (Å²) >= 11 is 1.67. The van der Waals surface area contributed by atoms with Gasteiger partial charge in [0.2, 0.25) is 5.95 Å². The van der Waals surface area contributed by atoms with E-state index in [1.54, 1.807) is 11.3 Å². The van der Waals surface area contributed by atoms with Gasteiger partial charge < -0.3 is 15.0 Å². The van der Waals surface area contributed by atoms with Crippen molar-refractivity contribution in [1.29, 1.82) is 0 Å². The number of rotatable bonds is 4. The zero-order valence-corrected chi connectivity index (χ0v) is 12.6. The molecule has 0 bridgehead atoms. The number of anilines is 2. The van der Waals surface area contributed by atoms with E-state index in [0.717, 1.165) is 67.7 Å². The Morgan fingerprint density at radius 1 is 1.35 bits per heavy atom. The number of hydrogen-bond donors (Lipinski definition) is 1. The van der Waals surface area contributed by atoms with E-state index in [0.29, 0.717) is 0 Å². The summed E-state index contributed by atoms with van der Waals surface area (Å²) in [5.74, 6) is 1.78. The van der Waals surface area contributed by atoms with Crippen LogP contribution in [0.15, 0.2) is 11.4 Å². The molecule has 0 aromatic carbocycles. The van der Waals surface area contributed by atoms with Crippen LogP contribution < -0.4 is 10.2 Å². The molecule has 0 amide bonds. The molecule has 20 heavy (non-hydrogen) atoms. The van der Waals surface area contributed by atoms with Crippen LogP contribution in [0.5, 0.6) is 0 Å². The Morgan fingerprint density at radius 2 is 2.30 bits per heavy atom. The first-order valence-electron chi connectivity index (χ1n) is 7.20. The summed E-state index contributed by atoms with van der Waals surface area (Å²) in [7, 11) is 0. The molecule has 1 N–H and O–H groups in total. The zero-order valence-electron chi connectivity index (χ0n) is 11.8. The lowest BCUT2D eigenvalue weighted by atomic mass is 10.3.